The summed E-state index contributed by atoms with van der Waals surface area (Å²) in [6.07, 6.45) is 0. The second kappa shape index (κ2) is 5.43. The van der Waals surface area contributed by atoms with E-state index in [-0.39, 0.29) is 6.54 Å². The molecule has 0 aromatic heterocycles. The monoisotopic (exact) mass is 257 g/mol. The van der Waals surface area contributed by atoms with Crippen molar-refractivity contribution in [3.05, 3.63) is 65.2 Å². The minimum Gasteiger partial charge on any atom is -0.497 e. The maximum Gasteiger partial charge on any atom is 0.127 e. The molecule has 100 valence electrons. The number of hydrogen-bond donors (Lipinski definition) is 2. The Hall–Kier alpha value is -1.84. The van der Waals surface area contributed by atoms with Crippen LogP contribution in [0.5, 0.6) is 5.75 Å². The average Bonchev–Trinajstić information content (AvgIpc) is 2.47. The lowest BCUT2D eigenvalue weighted by Gasteiger charge is -2.29. The third-order valence-corrected chi connectivity index (χ3v) is 3.43. The van der Waals surface area contributed by atoms with Crippen LogP contribution in [0.25, 0.3) is 0 Å². The molecule has 3 N–H and O–H groups in total. The smallest absolute Gasteiger partial charge is 0.127 e. The quantitative estimate of drug-likeness (QED) is 0.883. The van der Waals surface area contributed by atoms with Crippen LogP contribution in [0.2, 0.25) is 0 Å². The minimum atomic E-state index is -1.17. The molecule has 19 heavy (non-hydrogen) atoms. The SMILES string of the molecule is COc1ccc(C(O)(CN)c2ccccc2)c(C)c1. The van der Waals surface area contributed by atoms with E-state index >= 15 is 0 Å². The molecule has 3 nitrogen and oxygen atoms in total. The van der Waals surface area contributed by atoms with Crippen molar-refractivity contribution in [1.82, 2.24) is 0 Å². The zero-order valence-electron chi connectivity index (χ0n) is 11.3. The van der Waals surface area contributed by atoms with Gasteiger partial charge in [0.2, 0.25) is 0 Å². The zero-order valence-corrected chi connectivity index (χ0v) is 11.3. The van der Waals surface area contributed by atoms with Gasteiger partial charge in [-0.3, -0.25) is 0 Å². The summed E-state index contributed by atoms with van der Waals surface area (Å²) >= 11 is 0. The lowest BCUT2D eigenvalue weighted by atomic mass is 9.84. The topological polar surface area (TPSA) is 55.5 Å². The number of aryl methyl sites for hydroxylation is 1. The number of nitrogens with two attached hydrogens (primary N) is 1. The van der Waals surface area contributed by atoms with Gasteiger partial charge >= 0.3 is 0 Å². The third-order valence-electron chi connectivity index (χ3n) is 3.43. The fraction of sp³-hybridized carbons (Fsp3) is 0.250. The Labute approximate surface area is 113 Å². The number of rotatable bonds is 4. The molecule has 0 aliphatic carbocycles. The van der Waals surface area contributed by atoms with Gasteiger partial charge in [-0.2, -0.15) is 0 Å². The zero-order chi connectivity index (χ0) is 13.9. The Morgan fingerprint density at radius 3 is 2.37 bits per heavy atom. The van der Waals surface area contributed by atoms with E-state index in [1.165, 1.54) is 0 Å². The van der Waals surface area contributed by atoms with Crippen molar-refractivity contribution >= 4 is 0 Å². The summed E-state index contributed by atoms with van der Waals surface area (Å²) in [7, 11) is 1.63. The summed E-state index contributed by atoms with van der Waals surface area (Å²) in [5.41, 5.74) is 7.22. The molecule has 0 saturated carbocycles. The molecule has 0 aliphatic heterocycles. The summed E-state index contributed by atoms with van der Waals surface area (Å²) in [5, 5.41) is 10.9. The molecule has 0 bridgehead atoms. The summed E-state index contributed by atoms with van der Waals surface area (Å²) in [6.45, 7) is 2.08. The van der Waals surface area contributed by atoms with E-state index < -0.39 is 5.60 Å². The van der Waals surface area contributed by atoms with Crippen LogP contribution in [-0.2, 0) is 5.60 Å². The molecule has 1 atom stereocenters. The Kier molecular flexibility index (Phi) is 3.88. The van der Waals surface area contributed by atoms with Gasteiger partial charge in [-0.05, 0) is 35.7 Å². The normalized spacial score (nSPS) is 13.9. The Morgan fingerprint density at radius 2 is 1.84 bits per heavy atom. The fourth-order valence-corrected chi connectivity index (χ4v) is 2.32. The number of aliphatic hydroxyl groups is 1. The molecule has 3 heteroatoms. The van der Waals surface area contributed by atoms with Gasteiger partial charge in [0.05, 0.1) is 7.11 Å². The third kappa shape index (κ3) is 2.48. The first-order valence-electron chi connectivity index (χ1n) is 6.25. The molecular formula is C16H19NO2. The van der Waals surface area contributed by atoms with Crippen molar-refractivity contribution in [1.29, 1.82) is 0 Å². The molecule has 1 unspecified atom stereocenters. The van der Waals surface area contributed by atoms with Gasteiger partial charge < -0.3 is 15.6 Å². The Balaban J connectivity index is 2.53. The number of hydrogen-bond acceptors (Lipinski definition) is 3. The van der Waals surface area contributed by atoms with Gasteiger partial charge in [0.1, 0.15) is 11.4 Å². The van der Waals surface area contributed by atoms with Crippen LogP contribution in [-0.4, -0.2) is 18.8 Å². The minimum absolute atomic E-state index is 0.129. The summed E-state index contributed by atoms with van der Waals surface area (Å²) < 4.78 is 5.19. The molecule has 0 spiro atoms. The van der Waals surface area contributed by atoms with Crippen LogP contribution in [0.4, 0.5) is 0 Å². The first-order chi connectivity index (χ1) is 9.11. The largest absolute Gasteiger partial charge is 0.497 e. The highest BCUT2D eigenvalue weighted by atomic mass is 16.5. The van der Waals surface area contributed by atoms with Gasteiger partial charge in [-0.1, -0.05) is 36.4 Å². The van der Waals surface area contributed by atoms with E-state index in [4.69, 9.17) is 10.5 Å². The van der Waals surface area contributed by atoms with Gasteiger partial charge in [-0.25, -0.2) is 0 Å². The van der Waals surface area contributed by atoms with E-state index in [9.17, 15) is 5.11 Å². The Bertz CT molecular complexity index is 554. The molecule has 0 amide bonds. The van der Waals surface area contributed by atoms with Crippen LogP contribution in [0, 0.1) is 6.92 Å². The van der Waals surface area contributed by atoms with E-state index in [0.717, 1.165) is 22.4 Å². The molecule has 2 aromatic carbocycles. The van der Waals surface area contributed by atoms with E-state index in [0.29, 0.717) is 0 Å². The lowest BCUT2D eigenvalue weighted by molar-refractivity contribution is 0.0895. The molecular weight excluding hydrogens is 238 g/mol. The first kappa shape index (κ1) is 13.6. The van der Waals surface area contributed by atoms with Crippen molar-refractivity contribution in [2.75, 3.05) is 13.7 Å². The summed E-state index contributed by atoms with van der Waals surface area (Å²) in [6, 6.07) is 15.1. The van der Waals surface area contributed by atoms with Crippen molar-refractivity contribution in [3.63, 3.8) is 0 Å². The predicted molar refractivity (Wildman–Crippen MR) is 76.2 cm³/mol. The van der Waals surface area contributed by atoms with E-state index in [2.05, 4.69) is 0 Å². The number of benzene rings is 2. The summed E-state index contributed by atoms with van der Waals surface area (Å²) in [5.74, 6) is 0.772. The fourth-order valence-electron chi connectivity index (χ4n) is 2.32. The van der Waals surface area contributed by atoms with E-state index in [1.807, 2.05) is 55.5 Å². The number of ether oxygens (including phenoxy) is 1. The second-order valence-electron chi connectivity index (χ2n) is 4.61. The molecule has 0 radical (unpaired) electrons. The Morgan fingerprint density at radius 1 is 1.16 bits per heavy atom. The number of methoxy groups -OCH3 is 1. The molecule has 0 saturated heterocycles. The van der Waals surface area contributed by atoms with Crippen LogP contribution >= 0.6 is 0 Å². The van der Waals surface area contributed by atoms with Crippen molar-refractivity contribution in [3.8, 4) is 5.75 Å². The standard InChI is InChI=1S/C16H19NO2/c1-12-10-14(19-2)8-9-15(12)16(18,11-17)13-6-4-3-5-7-13/h3-10,18H,11,17H2,1-2H3. The van der Waals surface area contributed by atoms with Gasteiger partial charge in [0, 0.05) is 6.54 Å². The highest BCUT2D eigenvalue weighted by molar-refractivity contribution is 5.44. The van der Waals surface area contributed by atoms with Gasteiger partial charge in [0.25, 0.3) is 0 Å². The van der Waals surface area contributed by atoms with Gasteiger partial charge in [-0.15, -0.1) is 0 Å². The second-order valence-corrected chi connectivity index (χ2v) is 4.61. The maximum absolute atomic E-state index is 10.9. The van der Waals surface area contributed by atoms with Crippen LogP contribution in [0.3, 0.4) is 0 Å². The van der Waals surface area contributed by atoms with Gasteiger partial charge in [0.15, 0.2) is 0 Å². The molecule has 0 heterocycles. The maximum atomic E-state index is 10.9. The molecule has 0 aliphatic rings. The first-order valence-corrected chi connectivity index (χ1v) is 6.25. The summed E-state index contributed by atoms with van der Waals surface area (Å²) in [4.78, 5) is 0. The van der Waals surface area contributed by atoms with Crippen LogP contribution in [0.15, 0.2) is 48.5 Å². The average molecular weight is 257 g/mol. The van der Waals surface area contributed by atoms with Crippen molar-refractivity contribution in [2.45, 2.75) is 12.5 Å². The predicted octanol–water partition coefficient (Wildman–Crippen LogP) is 2.20. The molecule has 2 aromatic rings. The van der Waals surface area contributed by atoms with E-state index in [1.54, 1.807) is 7.11 Å². The highest BCUT2D eigenvalue weighted by Crippen LogP contribution is 2.32. The molecule has 0 fully saturated rings. The molecule has 2 rings (SSSR count). The van der Waals surface area contributed by atoms with Crippen LogP contribution < -0.4 is 10.5 Å². The van der Waals surface area contributed by atoms with Crippen LogP contribution in [0.1, 0.15) is 16.7 Å². The lowest BCUT2D eigenvalue weighted by Crippen LogP contribution is -2.36. The van der Waals surface area contributed by atoms with Crippen molar-refractivity contribution in [2.24, 2.45) is 5.73 Å². The van der Waals surface area contributed by atoms with Crippen molar-refractivity contribution < 1.29 is 9.84 Å². The highest BCUT2D eigenvalue weighted by Gasteiger charge is 2.31.